The van der Waals surface area contributed by atoms with Gasteiger partial charge in [-0.3, -0.25) is 24.5 Å². The van der Waals surface area contributed by atoms with Crippen LogP contribution in [0.2, 0.25) is 0 Å². The van der Waals surface area contributed by atoms with Crippen LogP contribution in [0, 0.1) is 5.82 Å². The number of hydrogen-bond donors (Lipinski definition) is 2. The Bertz CT molecular complexity index is 3650. The second kappa shape index (κ2) is 32.5. The van der Waals surface area contributed by atoms with Gasteiger partial charge in [-0.2, -0.15) is 26.3 Å². The molecule has 6 aromatic rings. The smallest absolute Gasteiger partial charge is 0.416 e. The van der Waals surface area contributed by atoms with Crippen molar-refractivity contribution in [2.24, 2.45) is 0 Å². The third-order valence-corrected chi connectivity index (χ3v) is 19.8. The Labute approximate surface area is 568 Å². The largest absolute Gasteiger partial charge is 0.446 e. The van der Waals surface area contributed by atoms with Crippen LogP contribution in [0.25, 0.3) is 11.1 Å². The molecule has 2 atom stereocenters. The maximum Gasteiger partial charge on any atom is 0.416 e. The van der Waals surface area contributed by atoms with Crippen molar-refractivity contribution in [3.8, 4) is 11.1 Å². The van der Waals surface area contributed by atoms with Crippen molar-refractivity contribution < 1.29 is 68.9 Å². The Morgan fingerprint density at radius 1 is 0.643 bits per heavy atom. The molecule has 0 aromatic heterocycles. The monoisotopic (exact) mass is 1360 g/mol. The van der Waals surface area contributed by atoms with Crippen molar-refractivity contribution in [1.82, 2.24) is 29.4 Å². The van der Waals surface area contributed by atoms with Crippen LogP contribution in [0.4, 0.5) is 46.9 Å². The number of carbonyl (C=O) groups excluding carboxylic acids is 5. The van der Waals surface area contributed by atoms with Gasteiger partial charge in [0.25, 0.3) is 11.8 Å². The van der Waals surface area contributed by atoms with Gasteiger partial charge >= 0.3 is 18.4 Å². The van der Waals surface area contributed by atoms with Gasteiger partial charge < -0.3 is 48.9 Å². The number of likely N-dealkylation sites (tertiary alicyclic amines) is 2. The number of unbranched alkanes of at least 4 members (excludes halogenated alkanes) is 2. The number of benzene rings is 6. The van der Waals surface area contributed by atoms with Gasteiger partial charge in [0, 0.05) is 114 Å². The lowest BCUT2D eigenvalue weighted by molar-refractivity contribution is -0.143. The van der Waals surface area contributed by atoms with E-state index in [1.165, 1.54) is 29.2 Å². The van der Waals surface area contributed by atoms with E-state index in [1.54, 1.807) is 40.9 Å². The predicted molar refractivity (Wildman–Crippen MR) is 360 cm³/mol. The van der Waals surface area contributed by atoms with Gasteiger partial charge in [0.1, 0.15) is 24.1 Å². The van der Waals surface area contributed by atoms with Crippen molar-refractivity contribution in [3.63, 3.8) is 0 Å². The minimum atomic E-state index is -5.14. The molecule has 23 heteroatoms. The zero-order valence-electron chi connectivity index (χ0n) is 55.8. The first kappa shape index (κ1) is 72.4. The van der Waals surface area contributed by atoms with Crippen LogP contribution in [0.3, 0.4) is 0 Å². The molecule has 1 spiro atoms. The van der Waals surface area contributed by atoms with Gasteiger partial charge in [-0.05, 0) is 154 Å². The van der Waals surface area contributed by atoms with E-state index in [2.05, 4.69) is 32.6 Å². The number of amides is 5. The lowest BCUT2D eigenvalue weighted by atomic mass is 9.72. The van der Waals surface area contributed by atoms with E-state index >= 15 is 0 Å². The number of fused-ring (bicyclic) bond motifs is 2. The molecule has 6 aromatic carbocycles. The zero-order chi connectivity index (χ0) is 69.6. The number of hydrogen-bond acceptors (Lipinski definition) is 11. The fourth-order valence-electron chi connectivity index (χ4n) is 13.9. The minimum Gasteiger partial charge on any atom is -0.446 e. The fraction of sp³-hybridized carbons (Fsp3) is 0.453. The standard InChI is InChI=1S/C75H87F7N8O8/c1-85(36-14-37-87(3)69(93)54-22-28-61(29-23-54)83-35-13-5-8-21-67(91)86(2)43-44-88-38-30-62(31-39-88)98-71(95)84-65-20-12-10-18-63(65)53-15-6-4-7-16-53)68(92)51-96-66-49-55-17-9-11-19-64(55)72(66)32-40-89(41-33-72)42-34-73(57-24-26-60(76)27-25-57)52-90(45-46-97-73)70(94)56-47-58(74(77,78)79)50-59(48-56)75(80,81)82/h4,6-7,9-12,15-20,22-29,47-48,50,62,66,83H,5,8,13-14,21,30-46,49,51-52H2,1-3H3,(H,84,95)/t66-,73-/m0/s1. The Kier molecular flexibility index (Phi) is 24.0. The quantitative estimate of drug-likeness (QED) is 0.0394. The van der Waals surface area contributed by atoms with Crippen molar-refractivity contribution in [1.29, 1.82) is 0 Å². The Balaban J connectivity index is 0.609. The van der Waals surface area contributed by atoms with Gasteiger partial charge in [0.05, 0.1) is 36.1 Å². The van der Waals surface area contributed by atoms with Crippen LogP contribution in [-0.4, -0.2) is 184 Å². The summed E-state index contributed by atoms with van der Waals surface area (Å²) in [5, 5.41) is 6.35. The number of halogens is 7. The fourth-order valence-corrected chi connectivity index (χ4v) is 13.9. The molecule has 5 amide bonds. The molecule has 524 valence electrons. The molecule has 4 aliphatic rings. The van der Waals surface area contributed by atoms with Crippen LogP contribution >= 0.6 is 0 Å². The van der Waals surface area contributed by atoms with Gasteiger partial charge in [-0.1, -0.05) is 91.3 Å². The summed E-state index contributed by atoms with van der Waals surface area (Å²) in [6, 6.07) is 39.4. The number of piperidine rings is 2. The van der Waals surface area contributed by atoms with Gasteiger partial charge in [0.15, 0.2) is 0 Å². The average Bonchev–Trinajstić information content (AvgIpc) is 1.56. The molecule has 0 radical (unpaired) electrons. The highest BCUT2D eigenvalue weighted by Crippen LogP contribution is 2.48. The zero-order valence-corrected chi connectivity index (χ0v) is 55.8. The van der Waals surface area contributed by atoms with Gasteiger partial charge in [-0.25, -0.2) is 9.18 Å². The van der Waals surface area contributed by atoms with Crippen LogP contribution < -0.4 is 10.6 Å². The number of rotatable bonds is 26. The number of carbonyl (C=O) groups is 5. The Hall–Kier alpha value is -8.38. The first-order valence-electron chi connectivity index (χ1n) is 33.8. The molecule has 3 saturated heterocycles. The highest BCUT2D eigenvalue weighted by Gasteiger charge is 2.50. The van der Waals surface area contributed by atoms with Crippen molar-refractivity contribution in [2.45, 2.75) is 106 Å². The van der Waals surface area contributed by atoms with E-state index in [-0.39, 0.29) is 68.7 Å². The molecule has 0 unspecified atom stereocenters. The summed E-state index contributed by atoms with van der Waals surface area (Å²) in [5.74, 6) is -1.77. The second-order valence-electron chi connectivity index (χ2n) is 26.3. The minimum absolute atomic E-state index is 0.0158. The van der Waals surface area contributed by atoms with Crippen molar-refractivity contribution >= 4 is 41.1 Å². The molecule has 0 saturated carbocycles. The Morgan fingerprint density at radius 3 is 1.99 bits per heavy atom. The number of morpholine rings is 1. The molecule has 0 bridgehead atoms. The van der Waals surface area contributed by atoms with E-state index < -0.39 is 57.9 Å². The molecule has 3 aliphatic heterocycles. The summed E-state index contributed by atoms with van der Waals surface area (Å²) in [7, 11) is 5.31. The summed E-state index contributed by atoms with van der Waals surface area (Å²) in [6.07, 6.45) is -4.02. The summed E-state index contributed by atoms with van der Waals surface area (Å²) < 4.78 is 116. The first-order valence-corrected chi connectivity index (χ1v) is 33.8. The summed E-state index contributed by atoms with van der Waals surface area (Å²) in [5.41, 5.74) is 1.23. The van der Waals surface area contributed by atoms with Crippen LogP contribution in [-0.2, 0) is 53.6 Å². The van der Waals surface area contributed by atoms with Crippen LogP contribution in [0.15, 0.2) is 146 Å². The molecule has 98 heavy (non-hydrogen) atoms. The number of ether oxygens (including phenoxy) is 3. The SMILES string of the molecule is CN(CCN1CCC(OC(=O)Nc2ccccc2-c2ccccc2)CC1)C(=O)CCCCCNc1ccc(C(=O)N(C)CCCN(C)C(=O)CO[C@H]2Cc3ccccc3C23CCN(CC[C@@]2(c4ccc(F)cc4)CN(C(=O)c4cc(C(F)(F)F)cc(C(F)(F)F)c4)CCO2)CC3)cc1. The highest BCUT2D eigenvalue weighted by atomic mass is 19.4. The van der Waals surface area contributed by atoms with E-state index in [9.17, 15) is 54.7 Å². The van der Waals surface area contributed by atoms with Gasteiger partial charge in [-0.15, -0.1) is 0 Å². The maximum atomic E-state index is 14.3. The third kappa shape index (κ3) is 18.5. The normalized spacial score (nSPS) is 18.2. The Morgan fingerprint density at radius 2 is 1.29 bits per heavy atom. The predicted octanol–water partition coefficient (Wildman–Crippen LogP) is 13.0. The lowest BCUT2D eigenvalue weighted by Crippen LogP contribution is -2.54. The van der Waals surface area contributed by atoms with E-state index in [4.69, 9.17) is 14.2 Å². The number of alkyl halides is 6. The van der Waals surface area contributed by atoms with Crippen LogP contribution in [0.1, 0.15) is 113 Å². The number of likely N-dealkylation sites (N-methyl/N-ethyl adjacent to an activating group) is 2. The number of nitrogens with one attached hydrogen (secondary N) is 2. The van der Waals surface area contributed by atoms with Crippen LogP contribution in [0.5, 0.6) is 0 Å². The lowest BCUT2D eigenvalue weighted by Gasteiger charge is -2.46. The van der Waals surface area contributed by atoms with Crippen molar-refractivity contribution in [3.05, 3.63) is 190 Å². The number of nitrogens with zero attached hydrogens (tertiary/aromatic N) is 6. The first-order chi connectivity index (χ1) is 47.0. The van der Waals surface area contributed by atoms with E-state index in [0.29, 0.717) is 107 Å². The maximum absolute atomic E-state index is 14.3. The molecule has 1 aliphatic carbocycles. The molecular weight excluding hydrogens is 1270 g/mol. The number of anilines is 2. The summed E-state index contributed by atoms with van der Waals surface area (Å²) >= 11 is 0. The molecule has 3 fully saturated rings. The van der Waals surface area contributed by atoms with Gasteiger partial charge in [0.2, 0.25) is 11.8 Å². The molecule has 16 nitrogen and oxygen atoms in total. The van der Waals surface area contributed by atoms with E-state index in [1.807, 2.05) is 85.9 Å². The average molecular weight is 1360 g/mol. The third-order valence-electron chi connectivity index (χ3n) is 19.8. The summed E-state index contributed by atoms with van der Waals surface area (Å²) in [4.78, 5) is 77.7. The molecule has 2 N–H and O–H groups in total. The summed E-state index contributed by atoms with van der Waals surface area (Å²) in [6.45, 7) is 5.57. The number of para-hydroxylation sites is 1. The van der Waals surface area contributed by atoms with Crippen molar-refractivity contribution in [2.75, 3.05) is 124 Å². The molecular formula is C75H87F7N8O8. The molecule has 3 heterocycles. The topological polar surface area (TPSA) is 157 Å². The van der Waals surface area contributed by atoms with E-state index in [0.717, 1.165) is 79.7 Å². The second-order valence-corrected chi connectivity index (χ2v) is 26.3. The highest BCUT2D eigenvalue weighted by molar-refractivity contribution is 5.95. The molecule has 10 rings (SSSR count).